The SMILES string of the molecule is Cc1ccc(NC(=O)NCc2nnc3c(Cl)cc(C(F)(F)F)cn23)cc1. The molecular formula is C16H13ClF3N5O. The van der Waals surface area contributed by atoms with Gasteiger partial charge in [0.1, 0.15) is 0 Å². The molecule has 0 aliphatic carbocycles. The number of fused-ring (bicyclic) bond motifs is 1. The van der Waals surface area contributed by atoms with E-state index in [1.54, 1.807) is 12.1 Å². The Morgan fingerprint density at radius 3 is 2.58 bits per heavy atom. The Labute approximate surface area is 151 Å². The molecule has 26 heavy (non-hydrogen) atoms. The van der Waals surface area contributed by atoms with E-state index < -0.39 is 17.8 Å². The third-order valence-electron chi connectivity index (χ3n) is 3.57. The highest BCUT2D eigenvalue weighted by Gasteiger charge is 2.32. The fraction of sp³-hybridized carbons (Fsp3) is 0.188. The van der Waals surface area contributed by atoms with E-state index in [1.807, 2.05) is 19.1 Å². The second-order valence-electron chi connectivity index (χ2n) is 5.56. The molecule has 0 saturated carbocycles. The zero-order valence-corrected chi connectivity index (χ0v) is 14.2. The lowest BCUT2D eigenvalue weighted by Gasteiger charge is -2.10. The van der Waals surface area contributed by atoms with Crippen LogP contribution in [0.5, 0.6) is 0 Å². The van der Waals surface area contributed by atoms with E-state index in [9.17, 15) is 18.0 Å². The lowest BCUT2D eigenvalue weighted by atomic mass is 10.2. The Bertz CT molecular complexity index is 953. The smallest absolute Gasteiger partial charge is 0.331 e. The second kappa shape index (κ2) is 6.83. The van der Waals surface area contributed by atoms with E-state index >= 15 is 0 Å². The number of rotatable bonds is 3. The fourth-order valence-electron chi connectivity index (χ4n) is 2.25. The zero-order valence-electron chi connectivity index (χ0n) is 13.4. The normalized spacial score (nSPS) is 11.6. The van der Waals surface area contributed by atoms with Gasteiger partial charge in [-0.05, 0) is 25.1 Å². The van der Waals surface area contributed by atoms with E-state index in [-0.39, 0.29) is 23.0 Å². The highest BCUT2D eigenvalue weighted by atomic mass is 35.5. The number of alkyl halides is 3. The van der Waals surface area contributed by atoms with Gasteiger partial charge in [-0.15, -0.1) is 10.2 Å². The number of carbonyl (C=O) groups is 1. The molecule has 136 valence electrons. The molecule has 6 nitrogen and oxygen atoms in total. The van der Waals surface area contributed by atoms with Crippen LogP contribution in [0, 0.1) is 6.92 Å². The molecule has 2 amide bonds. The predicted molar refractivity (Wildman–Crippen MR) is 90.0 cm³/mol. The maximum Gasteiger partial charge on any atom is 0.417 e. The van der Waals surface area contributed by atoms with Gasteiger partial charge < -0.3 is 10.6 Å². The van der Waals surface area contributed by atoms with Crippen LogP contribution in [0.1, 0.15) is 17.0 Å². The van der Waals surface area contributed by atoms with Crippen LogP contribution < -0.4 is 10.6 Å². The first-order chi connectivity index (χ1) is 12.2. The van der Waals surface area contributed by atoms with Crippen molar-refractivity contribution in [1.82, 2.24) is 19.9 Å². The minimum absolute atomic E-state index is 0.0791. The Hall–Kier alpha value is -2.81. The number of benzene rings is 1. The average molecular weight is 384 g/mol. The van der Waals surface area contributed by atoms with Gasteiger partial charge >= 0.3 is 12.2 Å². The molecule has 2 N–H and O–H groups in total. The molecule has 0 aliphatic rings. The molecule has 0 atom stereocenters. The van der Waals surface area contributed by atoms with Crippen molar-refractivity contribution in [3.63, 3.8) is 0 Å². The Morgan fingerprint density at radius 1 is 1.23 bits per heavy atom. The molecule has 0 bridgehead atoms. The number of carbonyl (C=O) groups excluding carboxylic acids is 1. The number of amides is 2. The summed E-state index contributed by atoms with van der Waals surface area (Å²) in [5, 5.41) is 12.5. The molecule has 0 aliphatic heterocycles. The van der Waals surface area contributed by atoms with Crippen molar-refractivity contribution >= 4 is 29.0 Å². The molecule has 1 aromatic carbocycles. The molecule has 0 fully saturated rings. The first-order valence-corrected chi connectivity index (χ1v) is 7.84. The summed E-state index contributed by atoms with van der Waals surface area (Å²) in [6.07, 6.45) is -3.72. The van der Waals surface area contributed by atoms with E-state index in [4.69, 9.17) is 11.6 Å². The molecular weight excluding hydrogens is 371 g/mol. The monoisotopic (exact) mass is 383 g/mol. The van der Waals surface area contributed by atoms with Crippen molar-refractivity contribution in [1.29, 1.82) is 0 Å². The van der Waals surface area contributed by atoms with Crippen LogP contribution in [0.25, 0.3) is 5.65 Å². The highest BCUT2D eigenvalue weighted by molar-refractivity contribution is 6.33. The molecule has 2 heterocycles. The van der Waals surface area contributed by atoms with Crippen LogP contribution in [-0.2, 0) is 12.7 Å². The van der Waals surface area contributed by atoms with Crippen LogP contribution in [0.3, 0.4) is 0 Å². The van der Waals surface area contributed by atoms with Crippen LogP contribution in [0.2, 0.25) is 5.02 Å². The van der Waals surface area contributed by atoms with Gasteiger partial charge in [-0.1, -0.05) is 29.3 Å². The van der Waals surface area contributed by atoms with E-state index in [0.29, 0.717) is 5.69 Å². The maximum absolute atomic E-state index is 12.9. The quantitative estimate of drug-likeness (QED) is 0.717. The Balaban J connectivity index is 1.75. The van der Waals surface area contributed by atoms with E-state index in [0.717, 1.165) is 22.2 Å². The van der Waals surface area contributed by atoms with Crippen LogP contribution in [-0.4, -0.2) is 20.6 Å². The average Bonchev–Trinajstić information content (AvgIpc) is 2.98. The van der Waals surface area contributed by atoms with Crippen molar-refractivity contribution in [2.24, 2.45) is 0 Å². The molecule has 2 aromatic heterocycles. The topological polar surface area (TPSA) is 71.3 Å². The van der Waals surface area contributed by atoms with Gasteiger partial charge in [-0.2, -0.15) is 13.2 Å². The minimum Gasteiger partial charge on any atom is -0.331 e. The molecule has 0 radical (unpaired) electrons. The largest absolute Gasteiger partial charge is 0.417 e. The lowest BCUT2D eigenvalue weighted by Crippen LogP contribution is -2.29. The van der Waals surface area contributed by atoms with Gasteiger partial charge in [0, 0.05) is 11.9 Å². The Morgan fingerprint density at radius 2 is 1.92 bits per heavy atom. The molecule has 10 heteroatoms. The number of urea groups is 1. The second-order valence-corrected chi connectivity index (χ2v) is 5.97. The summed E-state index contributed by atoms with van der Waals surface area (Å²) < 4.78 is 39.9. The van der Waals surface area contributed by atoms with Crippen LogP contribution >= 0.6 is 11.6 Å². The van der Waals surface area contributed by atoms with Crippen molar-refractivity contribution < 1.29 is 18.0 Å². The Kier molecular flexibility index (Phi) is 4.73. The number of pyridine rings is 1. The van der Waals surface area contributed by atoms with Gasteiger partial charge in [-0.25, -0.2) is 4.79 Å². The number of aromatic nitrogens is 3. The number of aryl methyl sites for hydroxylation is 1. The highest BCUT2D eigenvalue weighted by Crippen LogP contribution is 2.32. The first kappa shape index (κ1) is 18.0. The van der Waals surface area contributed by atoms with Gasteiger partial charge in [-0.3, -0.25) is 4.40 Å². The lowest BCUT2D eigenvalue weighted by molar-refractivity contribution is -0.137. The summed E-state index contributed by atoms with van der Waals surface area (Å²) in [5.41, 5.74) is 0.778. The molecule has 0 saturated heterocycles. The number of hydrogen-bond acceptors (Lipinski definition) is 3. The van der Waals surface area contributed by atoms with Crippen molar-refractivity contribution in [2.45, 2.75) is 19.6 Å². The summed E-state index contributed by atoms with van der Waals surface area (Å²) in [4.78, 5) is 11.9. The summed E-state index contributed by atoms with van der Waals surface area (Å²) >= 11 is 5.84. The van der Waals surface area contributed by atoms with Gasteiger partial charge in [0.05, 0.1) is 17.1 Å². The van der Waals surface area contributed by atoms with Crippen molar-refractivity contribution in [2.75, 3.05) is 5.32 Å². The summed E-state index contributed by atoms with van der Waals surface area (Å²) in [7, 11) is 0. The molecule has 0 unspecified atom stereocenters. The van der Waals surface area contributed by atoms with Gasteiger partial charge in [0.25, 0.3) is 0 Å². The number of hydrogen-bond donors (Lipinski definition) is 2. The molecule has 3 aromatic rings. The van der Waals surface area contributed by atoms with Gasteiger partial charge in [0.2, 0.25) is 0 Å². The standard InChI is InChI=1S/C16H13ClF3N5O/c1-9-2-4-11(5-3-9)22-15(26)21-7-13-23-24-14-12(17)6-10(8-25(13)14)16(18,19)20/h2-6,8H,7H2,1H3,(H2,21,22,26). The summed E-state index contributed by atoms with van der Waals surface area (Å²) in [5.74, 6) is 0.118. The number of halogens is 4. The first-order valence-electron chi connectivity index (χ1n) is 7.46. The molecule has 3 rings (SSSR count). The maximum atomic E-state index is 12.9. The van der Waals surface area contributed by atoms with Crippen LogP contribution in [0.15, 0.2) is 36.5 Å². The molecule has 0 spiro atoms. The zero-order chi connectivity index (χ0) is 18.9. The summed E-state index contributed by atoms with van der Waals surface area (Å²) in [6.45, 7) is 1.79. The third-order valence-corrected chi connectivity index (χ3v) is 3.85. The van der Waals surface area contributed by atoms with Crippen molar-refractivity contribution in [3.05, 3.63) is 58.5 Å². The third kappa shape index (κ3) is 3.88. The number of nitrogens with one attached hydrogen (secondary N) is 2. The van der Waals surface area contributed by atoms with E-state index in [2.05, 4.69) is 20.8 Å². The van der Waals surface area contributed by atoms with Crippen molar-refractivity contribution in [3.8, 4) is 0 Å². The number of nitrogens with zero attached hydrogens (tertiary/aromatic N) is 3. The number of anilines is 1. The summed E-state index contributed by atoms with van der Waals surface area (Å²) in [6, 6.07) is 7.40. The minimum atomic E-state index is -4.56. The fourth-order valence-corrected chi connectivity index (χ4v) is 2.49. The predicted octanol–water partition coefficient (Wildman–Crippen LogP) is 4.03. The van der Waals surface area contributed by atoms with E-state index in [1.165, 1.54) is 0 Å². The van der Waals surface area contributed by atoms with Gasteiger partial charge in [0.15, 0.2) is 11.5 Å². The van der Waals surface area contributed by atoms with Crippen LogP contribution in [0.4, 0.5) is 23.7 Å².